The third-order valence-corrected chi connectivity index (χ3v) is 5.23. The van der Waals surface area contributed by atoms with Crippen molar-refractivity contribution in [3.63, 3.8) is 0 Å². The van der Waals surface area contributed by atoms with Gasteiger partial charge in [0.1, 0.15) is 0 Å². The Morgan fingerprint density at radius 1 is 1.19 bits per heavy atom. The number of carbonyl (C=O) groups excluding carboxylic acids is 1. The Hall–Kier alpha value is -2.61. The molecule has 0 aliphatic carbocycles. The first-order chi connectivity index (χ1) is 12.8. The number of carbonyl (C=O) groups is 1. The van der Waals surface area contributed by atoms with Crippen LogP contribution in [0.4, 0.5) is 18.3 Å². The molecule has 0 saturated heterocycles. The highest BCUT2D eigenvalue weighted by atomic mass is 32.1. The Labute approximate surface area is 158 Å². The van der Waals surface area contributed by atoms with E-state index in [1.54, 1.807) is 18.0 Å². The third-order valence-electron chi connectivity index (χ3n) is 4.10. The fourth-order valence-electron chi connectivity index (χ4n) is 2.72. The van der Waals surface area contributed by atoms with Crippen LogP contribution in [0, 0.1) is 0 Å². The molecule has 1 N–H and O–H groups in total. The third kappa shape index (κ3) is 4.39. The number of thiazole rings is 1. The van der Waals surface area contributed by atoms with Gasteiger partial charge >= 0.3 is 6.18 Å². The molecular weight excluding hydrogens is 375 g/mol. The van der Waals surface area contributed by atoms with E-state index in [0.717, 1.165) is 23.0 Å². The van der Waals surface area contributed by atoms with Crippen molar-refractivity contribution in [1.29, 1.82) is 0 Å². The molecule has 3 aromatic rings. The lowest BCUT2D eigenvalue weighted by molar-refractivity contribution is -0.136. The summed E-state index contributed by atoms with van der Waals surface area (Å²) in [7, 11) is 1.64. The van der Waals surface area contributed by atoms with Gasteiger partial charge in [-0.25, -0.2) is 4.98 Å². The minimum Gasteiger partial charge on any atom is -0.348 e. The number of halogens is 3. The summed E-state index contributed by atoms with van der Waals surface area (Å²) >= 11 is 1.13. The van der Waals surface area contributed by atoms with E-state index in [4.69, 9.17) is 0 Å². The minimum atomic E-state index is -4.47. The molecule has 0 unspecified atom stereocenters. The van der Waals surface area contributed by atoms with Gasteiger partial charge in [0.05, 0.1) is 28.4 Å². The quantitative estimate of drug-likeness (QED) is 0.688. The van der Waals surface area contributed by atoms with Crippen molar-refractivity contribution in [2.75, 3.05) is 18.5 Å². The van der Waals surface area contributed by atoms with Gasteiger partial charge in [-0.15, -0.1) is 0 Å². The van der Waals surface area contributed by atoms with Crippen LogP contribution in [-0.2, 0) is 11.0 Å². The van der Waals surface area contributed by atoms with Crippen molar-refractivity contribution in [1.82, 2.24) is 10.3 Å². The molecule has 0 bridgehead atoms. The van der Waals surface area contributed by atoms with E-state index in [0.29, 0.717) is 9.83 Å². The Morgan fingerprint density at radius 2 is 1.89 bits per heavy atom. The molecule has 1 aromatic heterocycles. The number of fused-ring (bicyclic) bond motifs is 1. The molecule has 1 atom stereocenters. The Kier molecular flexibility index (Phi) is 5.36. The van der Waals surface area contributed by atoms with Gasteiger partial charge in [0.25, 0.3) is 0 Å². The van der Waals surface area contributed by atoms with Gasteiger partial charge in [0.15, 0.2) is 5.13 Å². The summed E-state index contributed by atoms with van der Waals surface area (Å²) in [5, 5.41) is 3.25. The van der Waals surface area contributed by atoms with Gasteiger partial charge in [-0.05, 0) is 24.6 Å². The van der Waals surface area contributed by atoms with Crippen molar-refractivity contribution in [3.05, 3.63) is 59.7 Å². The molecule has 2 aromatic carbocycles. The second-order valence-corrected chi connectivity index (χ2v) is 7.21. The molecule has 0 radical (unpaired) electrons. The highest BCUT2D eigenvalue weighted by Gasteiger charge is 2.34. The Bertz CT molecular complexity index is 940. The highest BCUT2D eigenvalue weighted by Crippen LogP contribution is 2.38. The van der Waals surface area contributed by atoms with Gasteiger partial charge < -0.3 is 10.2 Å². The maximum atomic E-state index is 13.1. The van der Waals surface area contributed by atoms with Crippen LogP contribution in [0.5, 0.6) is 0 Å². The molecule has 8 heteroatoms. The van der Waals surface area contributed by atoms with Crippen molar-refractivity contribution in [3.8, 4) is 0 Å². The number of hydrogen-bond acceptors (Lipinski definition) is 4. The molecule has 142 valence electrons. The zero-order valence-corrected chi connectivity index (χ0v) is 15.6. The first-order valence-electron chi connectivity index (χ1n) is 8.28. The predicted molar refractivity (Wildman–Crippen MR) is 101 cm³/mol. The van der Waals surface area contributed by atoms with Gasteiger partial charge in [-0.3, -0.25) is 4.79 Å². The van der Waals surface area contributed by atoms with Crippen LogP contribution in [0.1, 0.15) is 24.1 Å². The fourth-order valence-corrected chi connectivity index (χ4v) is 3.68. The summed E-state index contributed by atoms with van der Waals surface area (Å²) in [5.74, 6) is -0.232. The number of likely N-dealkylation sites (N-methyl/N-ethyl adjacent to an activating group) is 1. The molecule has 0 aliphatic heterocycles. The number of hydrogen-bond donors (Lipinski definition) is 1. The smallest absolute Gasteiger partial charge is 0.348 e. The molecule has 3 rings (SSSR count). The van der Waals surface area contributed by atoms with Crippen LogP contribution >= 0.6 is 11.3 Å². The first kappa shape index (κ1) is 19.2. The lowest BCUT2D eigenvalue weighted by Crippen LogP contribution is -2.36. The summed E-state index contributed by atoms with van der Waals surface area (Å²) in [6, 6.07) is 13.3. The summed E-state index contributed by atoms with van der Waals surface area (Å²) in [6.45, 7) is 1.87. The maximum absolute atomic E-state index is 13.1. The van der Waals surface area contributed by atoms with Crippen molar-refractivity contribution in [2.45, 2.75) is 19.1 Å². The number of para-hydroxylation sites is 1. The SMILES string of the molecule is C[C@@H](NC(=O)CN(C)c1nc2c(C(F)(F)F)cccc2s1)c1ccccc1. The van der Waals surface area contributed by atoms with Crippen LogP contribution in [-0.4, -0.2) is 24.5 Å². The van der Waals surface area contributed by atoms with Gasteiger partial charge in [-0.2, -0.15) is 13.2 Å². The van der Waals surface area contributed by atoms with Crippen molar-refractivity contribution in [2.24, 2.45) is 0 Å². The van der Waals surface area contributed by atoms with E-state index < -0.39 is 11.7 Å². The summed E-state index contributed by atoms with van der Waals surface area (Å²) in [4.78, 5) is 18.0. The average Bonchev–Trinajstić information content (AvgIpc) is 3.05. The second kappa shape index (κ2) is 7.56. The van der Waals surface area contributed by atoms with E-state index in [9.17, 15) is 18.0 Å². The van der Waals surface area contributed by atoms with Crippen molar-refractivity contribution >= 4 is 32.6 Å². The molecule has 0 fully saturated rings. The number of rotatable bonds is 5. The summed E-state index contributed by atoms with van der Waals surface area (Å²) in [6.07, 6.45) is -4.47. The molecule has 1 heterocycles. The standard InChI is InChI=1S/C19H18F3N3OS/c1-12(13-7-4-3-5-8-13)23-16(26)11-25(2)18-24-17-14(19(20,21)22)9-6-10-15(17)27-18/h3-10,12H,11H2,1-2H3,(H,23,26)/t12-/m1/s1. The van der Waals surface area contributed by atoms with E-state index in [2.05, 4.69) is 10.3 Å². The molecule has 4 nitrogen and oxygen atoms in total. The fraction of sp³-hybridized carbons (Fsp3) is 0.263. The zero-order valence-electron chi connectivity index (χ0n) is 14.7. The molecular formula is C19H18F3N3OS. The zero-order chi connectivity index (χ0) is 19.6. The summed E-state index contributed by atoms with van der Waals surface area (Å²) in [5.41, 5.74) is 0.122. The van der Waals surface area contributed by atoms with Gasteiger partial charge in [0.2, 0.25) is 5.91 Å². The van der Waals surface area contributed by atoms with Crippen LogP contribution in [0.2, 0.25) is 0 Å². The average molecular weight is 393 g/mol. The lowest BCUT2D eigenvalue weighted by Gasteiger charge is -2.18. The Morgan fingerprint density at radius 3 is 2.56 bits per heavy atom. The van der Waals surface area contributed by atoms with Gasteiger partial charge in [0, 0.05) is 7.05 Å². The number of aromatic nitrogens is 1. The van der Waals surface area contributed by atoms with Crippen LogP contribution < -0.4 is 10.2 Å². The molecule has 27 heavy (non-hydrogen) atoms. The lowest BCUT2D eigenvalue weighted by atomic mass is 10.1. The van der Waals surface area contributed by atoms with Crippen molar-refractivity contribution < 1.29 is 18.0 Å². The van der Waals surface area contributed by atoms with E-state index in [-0.39, 0.29) is 24.0 Å². The van der Waals surface area contributed by atoms with E-state index >= 15 is 0 Å². The number of nitrogens with one attached hydrogen (secondary N) is 1. The Balaban J connectivity index is 1.72. The largest absolute Gasteiger partial charge is 0.418 e. The first-order valence-corrected chi connectivity index (χ1v) is 9.09. The monoisotopic (exact) mass is 393 g/mol. The van der Waals surface area contributed by atoms with Gasteiger partial charge in [-0.1, -0.05) is 47.7 Å². The number of anilines is 1. The number of benzene rings is 2. The minimum absolute atomic E-state index is 0.00164. The van der Waals surface area contributed by atoms with E-state index in [1.807, 2.05) is 37.3 Å². The van der Waals surface area contributed by atoms with Crippen LogP contribution in [0.25, 0.3) is 10.2 Å². The topological polar surface area (TPSA) is 45.2 Å². The van der Waals surface area contributed by atoms with Crippen LogP contribution in [0.3, 0.4) is 0 Å². The molecule has 0 aliphatic rings. The second-order valence-electron chi connectivity index (χ2n) is 6.20. The molecule has 0 saturated carbocycles. The number of nitrogens with zero attached hydrogens (tertiary/aromatic N) is 2. The molecule has 0 spiro atoms. The van der Waals surface area contributed by atoms with E-state index in [1.165, 1.54) is 6.07 Å². The maximum Gasteiger partial charge on any atom is 0.418 e. The predicted octanol–water partition coefficient (Wildman–Crippen LogP) is 4.63. The summed E-state index contributed by atoms with van der Waals surface area (Å²) < 4.78 is 39.8. The number of amides is 1. The van der Waals surface area contributed by atoms with Crippen LogP contribution in [0.15, 0.2) is 48.5 Å². The number of alkyl halides is 3. The molecule has 1 amide bonds. The highest BCUT2D eigenvalue weighted by molar-refractivity contribution is 7.22. The normalized spacial score (nSPS) is 12.8.